The summed E-state index contributed by atoms with van der Waals surface area (Å²) in [7, 11) is 3.22. The Balaban J connectivity index is 0.00000288. The van der Waals surface area contributed by atoms with Crippen molar-refractivity contribution in [3.8, 4) is 11.5 Å². The summed E-state index contributed by atoms with van der Waals surface area (Å²) >= 11 is 0. The first-order valence-electron chi connectivity index (χ1n) is 8.10. The zero-order valence-corrected chi connectivity index (χ0v) is 16.9. The predicted octanol–water partition coefficient (Wildman–Crippen LogP) is 3.00. The van der Waals surface area contributed by atoms with Gasteiger partial charge in [0.1, 0.15) is 0 Å². The van der Waals surface area contributed by atoms with Gasteiger partial charge in [-0.1, -0.05) is 12.8 Å². The molecule has 1 aliphatic carbocycles. The normalized spacial score (nSPS) is 16.2. The van der Waals surface area contributed by atoms with E-state index >= 15 is 0 Å². The van der Waals surface area contributed by atoms with Crippen LogP contribution in [-0.2, 0) is 0 Å². The maximum Gasteiger partial charge on any atom is 0.195 e. The van der Waals surface area contributed by atoms with Crippen molar-refractivity contribution in [1.82, 2.24) is 5.32 Å². The van der Waals surface area contributed by atoms with E-state index in [2.05, 4.69) is 15.6 Å². The topological polar surface area (TPSA) is 75.1 Å². The second-order valence-electron chi connectivity index (χ2n) is 5.82. The SMILES string of the molecule is CCNC(=NCC1(O)CCCC1)Nc1ccc(OC)c(OC)c1.I. The Morgan fingerprint density at radius 1 is 1.21 bits per heavy atom. The largest absolute Gasteiger partial charge is 0.493 e. The van der Waals surface area contributed by atoms with Gasteiger partial charge in [0.2, 0.25) is 0 Å². The summed E-state index contributed by atoms with van der Waals surface area (Å²) in [5.41, 5.74) is 0.195. The maximum absolute atomic E-state index is 10.4. The van der Waals surface area contributed by atoms with Gasteiger partial charge in [-0.2, -0.15) is 0 Å². The van der Waals surface area contributed by atoms with Crippen LogP contribution in [0.25, 0.3) is 0 Å². The first kappa shape index (κ1) is 20.8. The molecule has 0 radical (unpaired) electrons. The molecule has 2 rings (SSSR count). The highest BCUT2D eigenvalue weighted by Gasteiger charge is 2.30. The van der Waals surface area contributed by atoms with Gasteiger partial charge in [0.25, 0.3) is 0 Å². The minimum absolute atomic E-state index is 0. The fourth-order valence-corrected chi connectivity index (χ4v) is 2.78. The fourth-order valence-electron chi connectivity index (χ4n) is 2.78. The number of benzene rings is 1. The number of aliphatic imine (C=N–C) groups is 1. The molecule has 3 N–H and O–H groups in total. The Morgan fingerprint density at radius 2 is 1.88 bits per heavy atom. The van der Waals surface area contributed by atoms with Crippen molar-refractivity contribution in [2.45, 2.75) is 38.2 Å². The van der Waals surface area contributed by atoms with Crippen molar-refractivity contribution in [3.63, 3.8) is 0 Å². The van der Waals surface area contributed by atoms with E-state index in [1.807, 2.05) is 25.1 Å². The number of anilines is 1. The van der Waals surface area contributed by atoms with Crippen molar-refractivity contribution in [2.75, 3.05) is 32.6 Å². The fraction of sp³-hybridized carbons (Fsp3) is 0.588. The number of halogens is 1. The van der Waals surface area contributed by atoms with Crippen LogP contribution in [0.1, 0.15) is 32.6 Å². The summed E-state index contributed by atoms with van der Waals surface area (Å²) in [6.07, 6.45) is 3.80. The first-order chi connectivity index (χ1) is 11.1. The minimum Gasteiger partial charge on any atom is -0.493 e. The van der Waals surface area contributed by atoms with Gasteiger partial charge < -0.3 is 25.2 Å². The van der Waals surface area contributed by atoms with E-state index in [0.29, 0.717) is 24.0 Å². The zero-order chi connectivity index (χ0) is 16.7. The molecule has 1 aliphatic rings. The van der Waals surface area contributed by atoms with Crippen molar-refractivity contribution in [3.05, 3.63) is 18.2 Å². The van der Waals surface area contributed by atoms with Gasteiger partial charge >= 0.3 is 0 Å². The van der Waals surface area contributed by atoms with E-state index in [1.54, 1.807) is 14.2 Å². The smallest absolute Gasteiger partial charge is 0.195 e. The van der Waals surface area contributed by atoms with Crippen LogP contribution < -0.4 is 20.1 Å². The summed E-state index contributed by atoms with van der Waals surface area (Å²) in [4.78, 5) is 4.53. The first-order valence-corrected chi connectivity index (χ1v) is 8.10. The highest BCUT2D eigenvalue weighted by atomic mass is 127. The lowest BCUT2D eigenvalue weighted by Gasteiger charge is -2.20. The average molecular weight is 449 g/mol. The lowest BCUT2D eigenvalue weighted by Crippen LogP contribution is -2.34. The lowest BCUT2D eigenvalue weighted by atomic mass is 10.0. The van der Waals surface area contributed by atoms with E-state index in [4.69, 9.17) is 9.47 Å². The van der Waals surface area contributed by atoms with Crippen LogP contribution in [0.5, 0.6) is 11.5 Å². The molecule has 1 aromatic rings. The van der Waals surface area contributed by atoms with Crippen molar-refractivity contribution in [2.24, 2.45) is 4.99 Å². The summed E-state index contributed by atoms with van der Waals surface area (Å²) in [5.74, 6) is 1.99. The van der Waals surface area contributed by atoms with Crippen molar-refractivity contribution in [1.29, 1.82) is 0 Å². The van der Waals surface area contributed by atoms with Crippen LogP contribution in [0.2, 0.25) is 0 Å². The molecule has 6 nitrogen and oxygen atoms in total. The number of methoxy groups -OCH3 is 2. The molecule has 0 bridgehead atoms. The molecule has 0 amide bonds. The van der Waals surface area contributed by atoms with Crippen LogP contribution in [0.15, 0.2) is 23.2 Å². The highest BCUT2D eigenvalue weighted by molar-refractivity contribution is 14.0. The number of aliphatic hydroxyl groups is 1. The second-order valence-corrected chi connectivity index (χ2v) is 5.82. The van der Waals surface area contributed by atoms with E-state index in [9.17, 15) is 5.11 Å². The number of ether oxygens (including phenoxy) is 2. The van der Waals surface area contributed by atoms with E-state index in [-0.39, 0.29) is 24.0 Å². The molecule has 7 heteroatoms. The molecular formula is C17H28IN3O3. The molecule has 1 saturated carbocycles. The number of nitrogens with zero attached hydrogens (tertiary/aromatic N) is 1. The Hall–Kier alpha value is -1.22. The molecule has 1 aromatic carbocycles. The van der Waals surface area contributed by atoms with Gasteiger partial charge in [-0.3, -0.25) is 4.99 Å². The molecule has 0 unspecified atom stereocenters. The van der Waals surface area contributed by atoms with E-state index in [1.165, 1.54) is 0 Å². The van der Waals surface area contributed by atoms with Crippen molar-refractivity contribution >= 4 is 35.6 Å². The summed E-state index contributed by atoms with van der Waals surface area (Å²) in [6, 6.07) is 5.60. The number of nitrogens with one attached hydrogen (secondary N) is 2. The molecular weight excluding hydrogens is 421 g/mol. The summed E-state index contributed by atoms with van der Waals surface area (Å²) in [5, 5.41) is 16.9. The monoisotopic (exact) mass is 449 g/mol. The third-order valence-electron chi connectivity index (χ3n) is 4.06. The van der Waals surface area contributed by atoms with Crippen LogP contribution >= 0.6 is 24.0 Å². The van der Waals surface area contributed by atoms with Crippen LogP contribution in [0, 0.1) is 0 Å². The predicted molar refractivity (Wildman–Crippen MR) is 108 cm³/mol. The zero-order valence-electron chi connectivity index (χ0n) is 14.6. The molecule has 0 aliphatic heterocycles. The van der Waals surface area contributed by atoms with Crippen LogP contribution in [-0.4, -0.2) is 44.0 Å². The molecule has 0 saturated heterocycles. The van der Waals surface area contributed by atoms with Gasteiger partial charge in [0, 0.05) is 18.3 Å². The molecule has 0 spiro atoms. The van der Waals surface area contributed by atoms with Crippen molar-refractivity contribution < 1.29 is 14.6 Å². The number of hydrogen-bond donors (Lipinski definition) is 3. The molecule has 0 aromatic heterocycles. The molecule has 24 heavy (non-hydrogen) atoms. The Kier molecular flexibility index (Phi) is 8.61. The van der Waals surface area contributed by atoms with E-state index < -0.39 is 5.60 Å². The quantitative estimate of drug-likeness (QED) is 0.354. The molecule has 136 valence electrons. The van der Waals surface area contributed by atoms with Gasteiger partial charge in [-0.15, -0.1) is 24.0 Å². The molecule has 1 fully saturated rings. The summed E-state index contributed by atoms with van der Waals surface area (Å²) < 4.78 is 10.6. The van der Waals surface area contributed by atoms with E-state index in [0.717, 1.165) is 37.9 Å². The Labute approximate surface area is 161 Å². The van der Waals surface area contributed by atoms with Crippen LogP contribution in [0.4, 0.5) is 5.69 Å². The van der Waals surface area contributed by atoms with Gasteiger partial charge in [-0.05, 0) is 31.9 Å². The number of rotatable bonds is 6. The Bertz CT molecular complexity index is 546. The third kappa shape index (κ3) is 5.70. The van der Waals surface area contributed by atoms with Gasteiger partial charge in [0.05, 0.1) is 26.4 Å². The second kappa shape index (κ2) is 9.93. The van der Waals surface area contributed by atoms with Gasteiger partial charge in [0.15, 0.2) is 17.5 Å². The highest BCUT2D eigenvalue weighted by Crippen LogP contribution is 2.30. The Morgan fingerprint density at radius 3 is 2.46 bits per heavy atom. The third-order valence-corrected chi connectivity index (χ3v) is 4.06. The standard InChI is InChI=1S/C17H27N3O3.HI/c1-4-18-16(19-12-17(21)9-5-6-10-17)20-13-7-8-14(22-2)15(11-13)23-3;/h7-8,11,21H,4-6,9-10,12H2,1-3H3,(H2,18,19,20);1H. The maximum atomic E-state index is 10.4. The molecule has 0 heterocycles. The number of guanidine groups is 1. The van der Waals surface area contributed by atoms with Gasteiger partial charge in [-0.25, -0.2) is 0 Å². The average Bonchev–Trinajstić information content (AvgIpc) is 3.00. The summed E-state index contributed by atoms with van der Waals surface area (Å²) in [6.45, 7) is 3.17. The van der Waals surface area contributed by atoms with Crippen LogP contribution in [0.3, 0.4) is 0 Å². The molecule has 0 atom stereocenters. The number of hydrogen-bond acceptors (Lipinski definition) is 4. The lowest BCUT2D eigenvalue weighted by molar-refractivity contribution is 0.0575. The minimum atomic E-state index is -0.653.